The molecule has 132 valence electrons. The Morgan fingerprint density at radius 1 is 1.20 bits per heavy atom. The fraction of sp³-hybridized carbons (Fsp3) is 0.421. The molecule has 1 saturated carbocycles. The Balaban J connectivity index is 1.76. The van der Waals surface area contributed by atoms with Gasteiger partial charge in [0, 0.05) is 25.3 Å². The number of amides is 1. The van der Waals surface area contributed by atoms with Crippen molar-refractivity contribution in [1.82, 2.24) is 15.3 Å². The van der Waals surface area contributed by atoms with Crippen LogP contribution in [0.3, 0.4) is 0 Å². The highest BCUT2D eigenvalue weighted by Gasteiger charge is 2.42. The van der Waals surface area contributed by atoms with E-state index in [1.807, 2.05) is 49.3 Å². The molecule has 1 fully saturated rings. The topological polar surface area (TPSA) is 58.1 Å². The average Bonchev–Trinajstić information content (AvgIpc) is 3.11. The summed E-state index contributed by atoms with van der Waals surface area (Å²) in [5.74, 6) is 1.49. The van der Waals surface area contributed by atoms with E-state index in [0.717, 1.165) is 37.1 Å². The zero-order chi connectivity index (χ0) is 17.9. The minimum Gasteiger partial charge on any atom is -0.363 e. The molecule has 1 N–H and O–H groups in total. The molecule has 1 aromatic heterocycles. The van der Waals surface area contributed by atoms with Crippen molar-refractivity contribution >= 4 is 23.3 Å². The summed E-state index contributed by atoms with van der Waals surface area (Å²) in [5, 5.41) is 3.73. The Hall–Kier alpha value is -2.14. The van der Waals surface area contributed by atoms with E-state index in [1.54, 1.807) is 6.20 Å². The lowest BCUT2D eigenvalue weighted by atomic mass is 9.78. The van der Waals surface area contributed by atoms with Gasteiger partial charge in [-0.2, -0.15) is 0 Å². The van der Waals surface area contributed by atoms with Gasteiger partial charge in [-0.1, -0.05) is 36.6 Å². The highest BCUT2D eigenvalue weighted by molar-refractivity contribution is 6.30. The van der Waals surface area contributed by atoms with Crippen LogP contribution in [0.1, 0.15) is 37.1 Å². The Kier molecular flexibility index (Phi) is 5.23. The second kappa shape index (κ2) is 7.40. The lowest BCUT2D eigenvalue weighted by Crippen LogP contribution is -2.42. The van der Waals surface area contributed by atoms with Gasteiger partial charge in [0.25, 0.3) is 0 Å². The van der Waals surface area contributed by atoms with E-state index < -0.39 is 5.41 Å². The number of anilines is 1. The zero-order valence-electron chi connectivity index (χ0n) is 14.6. The van der Waals surface area contributed by atoms with Gasteiger partial charge in [0.1, 0.15) is 11.6 Å². The second-order valence-corrected chi connectivity index (χ2v) is 7.14. The van der Waals surface area contributed by atoms with Crippen LogP contribution in [-0.4, -0.2) is 30.0 Å². The molecule has 0 atom stereocenters. The monoisotopic (exact) mass is 358 g/mol. The van der Waals surface area contributed by atoms with Crippen LogP contribution in [0.4, 0.5) is 5.82 Å². The van der Waals surface area contributed by atoms with Gasteiger partial charge in [-0.3, -0.25) is 4.79 Å². The van der Waals surface area contributed by atoms with Crippen LogP contribution in [0.25, 0.3) is 0 Å². The Morgan fingerprint density at radius 2 is 1.88 bits per heavy atom. The fourth-order valence-corrected chi connectivity index (χ4v) is 3.57. The van der Waals surface area contributed by atoms with Crippen molar-refractivity contribution in [1.29, 1.82) is 0 Å². The molecule has 0 radical (unpaired) electrons. The summed E-state index contributed by atoms with van der Waals surface area (Å²) in [5.41, 5.74) is 0.568. The average molecular weight is 359 g/mol. The molecule has 2 aromatic rings. The van der Waals surface area contributed by atoms with Crippen LogP contribution in [0, 0.1) is 0 Å². The molecule has 25 heavy (non-hydrogen) atoms. The fourth-order valence-electron chi connectivity index (χ4n) is 3.45. The van der Waals surface area contributed by atoms with Crippen LogP contribution in [0.5, 0.6) is 0 Å². The molecule has 1 aromatic carbocycles. The third-order valence-electron chi connectivity index (χ3n) is 4.84. The Morgan fingerprint density at radius 3 is 2.52 bits per heavy atom. The summed E-state index contributed by atoms with van der Waals surface area (Å²) >= 11 is 6.00. The molecule has 0 bridgehead atoms. The maximum atomic E-state index is 13.0. The molecule has 1 heterocycles. The Labute approximate surface area is 153 Å². The number of hydrogen-bond acceptors (Lipinski definition) is 4. The Bertz CT molecular complexity index is 739. The number of nitrogens with one attached hydrogen (secondary N) is 1. The number of benzene rings is 1. The largest absolute Gasteiger partial charge is 0.363 e. The minimum atomic E-state index is -0.469. The lowest BCUT2D eigenvalue weighted by molar-refractivity contribution is -0.126. The molecule has 1 aliphatic rings. The normalized spacial score (nSPS) is 15.8. The maximum absolute atomic E-state index is 13.0. The predicted octanol–water partition coefficient (Wildman–Crippen LogP) is 3.32. The van der Waals surface area contributed by atoms with E-state index >= 15 is 0 Å². The highest BCUT2D eigenvalue weighted by atomic mass is 35.5. The van der Waals surface area contributed by atoms with Crippen molar-refractivity contribution in [2.24, 2.45) is 0 Å². The maximum Gasteiger partial charge on any atom is 0.231 e. The number of halogens is 1. The molecular formula is C19H23ClN4O. The van der Waals surface area contributed by atoms with Crippen molar-refractivity contribution in [3.63, 3.8) is 0 Å². The number of rotatable bonds is 5. The summed E-state index contributed by atoms with van der Waals surface area (Å²) in [4.78, 5) is 23.7. The van der Waals surface area contributed by atoms with Crippen molar-refractivity contribution in [2.45, 2.75) is 37.6 Å². The van der Waals surface area contributed by atoms with E-state index in [4.69, 9.17) is 11.6 Å². The van der Waals surface area contributed by atoms with Crippen LogP contribution in [-0.2, 0) is 16.8 Å². The third-order valence-corrected chi connectivity index (χ3v) is 5.10. The van der Waals surface area contributed by atoms with Gasteiger partial charge in [-0.15, -0.1) is 0 Å². The van der Waals surface area contributed by atoms with Crippen molar-refractivity contribution in [3.05, 3.63) is 52.9 Å². The number of aromatic nitrogens is 2. The van der Waals surface area contributed by atoms with Gasteiger partial charge in [0.05, 0.1) is 12.0 Å². The number of carbonyl (C=O) groups is 1. The number of carbonyl (C=O) groups excluding carboxylic acids is 1. The van der Waals surface area contributed by atoms with Gasteiger partial charge in [-0.25, -0.2) is 9.97 Å². The standard InChI is InChI=1S/C19H23ClN4O/c1-24(2)17-9-12-21-16(23-17)13-22-18(25)19(10-3-4-11-19)14-5-7-15(20)8-6-14/h5-9,12H,3-4,10-11,13H2,1-2H3,(H,22,25). The SMILES string of the molecule is CN(C)c1ccnc(CNC(=O)C2(c3ccc(Cl)cc3)CCCC2)n1. The van der Waals surface area contributed by atoms with Gasteiger partial charge in [0.15, 0.2) is 0 Å². The van der Waals surface area contributed by atoms with Crippen molar-refractivity contribution < 1.29 is 4.79 Å². The molecule has 0 saturated heterocycles. The summed E-state index contributed by atoms with van der Waals surface area (Å²) in [7, 11) is 3.86. The van der Waals surface area contributed by atoms with E-state index in [9.17, 15) is 4.79 Å². The first-order valence-corrected chi connectivity index (χ1v) is 8.93. The smallest absolute Gasteiger partial charge is 0.231 e. The van der Waals surface area contributed by atoms with Crippen LogP contribution in [0.2, 0.25) is 5.02 Å². The first-order chi connectivity index (χ1) is 12.0. The summed E-state index contributed by atoms with van der Waals surface area (Å²) in [6, 6.07) is 9.49. The summed E-state index contributed by atoms with van der Waals surface area (Å²) in [6.07, 6.45) is 5.55. The number of nitrogens with zero attached hydrogens (tertiary/aromatic N) is 3. The summed E-state index contributed by atoms with van der Waals surface area (Å²) in [6.45, 7) is 0.329. The van der Waals surface area contributed by atoms with Crippen LogP contribution >= 0.6 is 11.6 Å². The summed E-state index contributed by atoms with van der Waals surface area (Å²) < 4.78 is 0. The highest BCUT2D eigenvalue weighted by Crippen LogP contribution is 2.41. The molecule has 1 amide bonds. The first kappa shape index (κ1) is 17.7. The predicted molar refractivity (Wildman–Crippen MR) is 99.8 cm³/mol. The zero-order valence-corrected chi connectivity index (χ0v) is 15.4. The minimum absolute atomic E-state index is 0.0474. The molecular weight excluding hydrogens is 336 g/mol. The van der Waals surface area contributed by atoms with Gasteiger partial charge >= 0.3 is 0 Å². The molecule has 5 nitrogen and oxygen atoms in total. The second-order valence-electron chi connectivity index (χ2n) is 6.70. The first-order valence-electron chi connectivity index (χ1n) is 8.55. The molecule has 0 aliphatic heterocycles. The molecule has 1 aliphatic carbocycles. The quantitative estimate of drug-likeness (QED) is 0.890. The van der Waals surface area contributed by atoms with Gasteiger partial charge in [0.2, 0.25) is 5.91 Å². The van der Waals surface area contributed by atoms with Crippen molar-refractivity contribution in [3.8, 4) is 0 Å². The lowest BCUT2D eigenvalue weighted by Gasteiger charge is -2.28. The van der Waals surface area contributed by atoms with E-state index in [-0.39, 0.29) is 5.91 Å². The molecule has 0 unspecified atom stereocenters. The van der Waals surface area contributed by atoms with Gasteiger partial charge in [-0.05, 0) is 36.6 Å². The molecule has 6 heteroatoms. The van der Waals surface area contributed by atoms with E-state index in [0.29, 0.717) is 17.4 Å². The van der Waals surface area contributed by atoms with Gasteiger partial charge < -0.3 is 10.2 Å². The van der Waals surface area contributed by atoms with Crippen LogP contribution < -0.4 is 10.2 Å². The van der Waals surface area contributed by atoms with E-state index in [1.165, 1.54) is 0 Å². The third kappa shape index (κ3) is 3.76. The molecule has 3 rings (SSSR count). The van der Waals surface area contributed by atoms with Crippen LogP contribution in [0.15, 0.2) is 36.5 Å². The number of hydrogen-bond donors (Lipinski definition) is 1. The van der Waals surface area contributed by atoms with Crippen molar-refractivity contribution in [2.75, 3.05) is 19.0 Å². The van der Waals surface area contributed by atoms with E-state index in [2.05, 4.69) is 15.3 Å². The molecule has 0 spiro atoms.